The molecule has 0 saturated carbocycles. The van der Waals surface area contributed by atoms with Crippen LogP contribution in [0.25, 0.3) is 0 Å². The fraction of sp³-hybridized carbons (Fsp3) is 0.278. The van der Waals surface area contributed by atoms with Crippen molar-refractivity contribution in [2.24, 2.45) is 0 Å². The maximum Gasteiger partial charge on any atom is 0.325 e. The third-order valence-corrected chi connectivity index (χ3v) is 4.08. The van der Waals surface area contributed by atoms with Gasteiger partial charge in [-0.05, 0) is 12.1 Å². The number of hydrogen-bond donors (Lipinski definition) is 1. The van der Waals surface area contributed by atoms with E-state index in [-0.39, 0.29) is 5.56 Å². The Balaban J connectivity index is 1.94. The van der Waals surface area contributed by atoms with E-state index >= 15 is 0 Å². The summed E-state index contributed by atoms with van der Waals surface area (Å²) in [6.07, 6.45) is 0. The summed E-state index contributed by atoms with van der Waals surface area (Å²) < 4.78 is 25.0. The zero-order chi connectivity index (χ0) is 17.1. The minimum atomic E-state index is -1.09. The lowest BCUT2D eigenvalue weighted by Gasteiger charge is -2.27. The van der Waals surface area contributed by atoms with E-state index in [1.54, 1.807) is 36.3 Å². The summed E-state index contributed by atoms with van der Waals surface area (Å²) in [5.74, 6) is -0.275. The van der Waals surface area contributed by atoms with Gasteiger partial charge in [0.15, 0.2) is 0 Å². The molecule has 0 radical (unpaired) electrons. The van der Waals surface area contributed by atoms with Crippen LogP contribution in [-0.2, 0) is 11.3 Å². The van der Waals surface area contributed by atoms with E-state index in [0.717, 1.165) is 5.56 Å². The van der Waals surface area contributed by atoms with Crippen molar-refractivity contribution in [2.75, 3.05) is 20.3 Å². The Kier molecular flexibility index (Phi) is 4.66. The summed E-state index contributed by atoms with van der Waals surface area (Å²) in [7, 11) is 1.57. The highest BCUT2D eigenvalue weighted by molar-refractivity contribution is 5.75. The average molecular weight is 331 g/mol. The highest BCUT2D eigenvalue weighted by Gasteiger charge is 2.31. The number of carboxylic acids is 1. The number of ether oxygens (including phenoxy) is 2. The number of benzene rings is 2. The van der Waals surface area contributed by atoms with Gasteiger partial charge in [-0.15, -0.1) is 0 Å². The summed E-state index contributed by atoms with van der Waals surface area (Å²) in [5, 5.41) is 9.66. The second-order valence-corrected chi connectivity index (χ2v) is 5.55. The Bertz CT molecular complexity index is 750. The van der Waals surface area contributed by atoms with Crippen molar-refractivity contribution in [3.8, 4) is 11.5 Å². The summed E-state index contributed by atoms with van der Waals surface area (Å²) in [6.45, 7) is 1.05. The molecule has 6 heteroatoms. The zero-order valence-corrected chi connectivity index (χ0v) is 13.2. The molecule has 0 spiro atoms. The lowest BCUT2D eigenvalue weighted by atomic mass is 10.0. The van der Waals surface area contributed by atoms with Crippen LogP contribution < -0.4 is 9.47 Å². The molecular formula is C18H18FNO4. The minimum absolute atomic E-state index is 0.155. The smallest absolute Gasteiger partial charge is 0.325 e. The van der Waals surface area contributed by atoms with Crippen molar-refractivity contribution in [3.63, 3.8) is 0 Å². The van der Waals surface area contributed by atoms with E-state index in [9.17, 15) is 14.3 Å². The van der Waals surface area contributed by atoms with E-state index in [1.807, 2.05) is 6.07 Å². The van der Waals surface area contributed by atoms with Crippen LogP contribution in [0.2, 0.25) is 0 Å². The molecule has 1 atom stereocenters. The molecule has 0 unspecified atom stereocenters. The van der Waals surface area contributed by atoms with Crippen LogP contribution in [0.3, 0.4) is 0 Å². The van der Waals surface area contributed by atoms with Gasteiger partial charge in [0.2, 0.25) is 0 Å². The Morgan fingerprint density at radius 2 is 2.12 bits per heavy atom. The Hall–Kier alpha value is -2.60. The molecular weight excluding hydrogens is 313 g/mol. The fourth-order valence-corrected chi connectivity index (χ4v) is 2.90. The minimum Gasteiger partial charge on any atom is -0.497 e. The quantitative estimate of drug-likeness (QED) is 0.933. The molecule has 1 aliphatic rings. The molecule has 24 heavy (non-hydrogen) atoms. The number of hydrogen-bond acceptors (Lipinski definition) is 4. The molecule has 0 aliphatic carbocycles. The second-order valence-electron chi connectivity index (χ2n) is 5.55. The van der Waals surface area contributed by atoms with E-state index in [0.29, 0.717) is 31.2 Å². The normalized spacial score (nSPS) is 15.8. The summed E-state index contributed by atoms with van der Waals surface area (Å²) in [6, 6.07) is 10.3. The number of fused-ring (bicyclic) bond motifs is 1. The van der Waals surface area contributed by atoms with Gasteiger partial charge >= 0.3 is 5.97 Å². The first kappa shape index (κ1) is 16.3. The van der Waals surface area contributed by atoms with Crippen molar-refractivity contribution in [1.29, 1.82) is 0 Å². The van der Waals surface area contributed by atoms with Gasteiger partial charge in [-0.25, -0.2) is 4.39 Å². The van der Waals surface area contributed by atoms with Gasteiger partial charge < -0.3 is 14.6 Å². The van der Waals surface area contributed by atoms with E-state index < -0.39 is 17.8 Å². The third-order valence-electron chi connectivity index (χ3n) is 4.08. The number of nitrogens with zero attached hydrogens (tertiary/aromatic N) is 1. The predicted octanol–water partition coefficient (Wildman–Crippen LogP) is 2.85. The molecule has 2 aromatic carbocycles. The van der Waals surface area contributed by atoms with E-state index in [4.69, 9.17) is 9.47 Å². The van der Waals surface area contributed by atoms with Crippen molar-refractivity contribution in [3.05, 3.63) is 59.4 Å². The summed E-state index contributed by atoms with van der Waals surface area (Å²) in [5.41, 5.74) is 0.998. The van der Waals surface area contributed by atoms with Crippen molar-refractivity contribution >= 4 is 5.97 Å². The molecule has 126 valence electrons. The van der Waals surface area contributed by atoms with Crippen LogP contribution in [0.4, 0.5) is 4.39 Å². The maximum atomic E-state index is 14.1. The van der Waals surface area contributed by atoms with E-state index in [1.165, 1.54) is 12.1 Å². The van der Waals surface area contributed by atoms with Gasteiger partial charge in [0.1, 0.15) is 30.0 Å². The standard InChI is InChI=1S/C18H18FNO4/c1-23-13-7-6-12-11-20(8-9-24-16(12)10-13)17(18(21)22)14-4-2-3-5-15(14)19/h2-7,10,17H,8-9,11H2,1H3,(H,21,22)/t17-/m1/s1. The number of rotatable bonds is 4. The topological polar surface area (TPSA) is 59.0 Å². The molecule has 2 aromatic rings. The lowest BCUT2D eigenvalue weighted by molar-refractivity contribution is -0.144. The molecule has 0 aromatic heterocycles. The predicted molar refractivity (Wildman–Crippen MR) is 85.7 cm³/mol. The first-order valence-electron chi connectivity index (χ1n) is 7.61. The Labute approximate surface area is 139 Å². The van der Waals surface area contributed by atoms with E-state index in [2.05, 4.69) is 0 Å². The molecule has 0 saturated heterocycles. The Morgan fingerprint density at radius 3 is 2.83 bits per heavy atom. The van der Waals surface area contributed by atoms with Crippen LogP contribution >= 0.6 is 0 Å². The van der Waals surface area contributed by atoms with Gasteiger partial charge in [0.05, 0.1) is 7.11 Å². The molecule has 3 rings (SSSR count). The average Bonchev–Trinajstić information content (AvgIpc) is 2.78. The van der Waals surface area contributed by atoms with Gasteiger partial charge in [0, 0.05) is 30.3 Å². The number of carboxylic acid groups (broad SMARTS) is 1. The molecule has 0 fully saturated rings. The molecule has 0 bridgehead atoms. The maximum absolute atomic E-state index is 14.1. The highest BCUT2D eigenvalue weighted by Crippen LogP contribution is 2.32. The van der Waals surface area contributed by atoms with Gasteiger partial charge in [-0.2, -0.15) is 0 Å². The summed E-state index contributed by atoms with van der Waals surface area (Å²) in [4.78, 5) is 13.5. The molecule has 0 amide bonds. The fourth-order valence-electron chi connectivity index (χ4n) is 2.90. The van der Waals surface area contributed by atoms with Crippen LogP contribution in [0.15, 0.2) is 42.5 Å². The molecule has 1 aliphatic heterocycles. The number of aliphatic carboxylic acids is 1. The first-order valence-corrected chi connectivity index (χ1v) is 7.61. The zero-order valence-electron chi connectivity index (χ0n) is 13.2. The van der Waals surface area contributed by atoms with Gasteiger partial charge in [-0.1, -0.05) is 24.3 Å². The molecule has 1 N–H and O–H groups in total. The largest absolute Gasteiger partial charge is 0.497 e. The van der Waals surface area contributed by atoms with Crippen LogP contribution in [-0.4, -0.2) is 36.2 Å². The molecule has 5 nitrogen and oxygen atoms in total. The monoisotopic (exact) mass is 331 g/mol. The Morgan fingerprint density at radius 1 is 1.33 bits per heavy atom. The lowest BCUT2D eigenvalue weighted by Crippen LogP contribution is -2.35. The van der Waals surface area contributed by atoms with Crippen molar-refractivity contribution in [2.45, 2.75) is 12.6 Å². The number of halogens is 1. The third kappa shape index (κ3) is 3.19. The molecule has 1 heterocycles. The summed E-state index contributed by atoms with van der Waals surface area (Å²) >= 11 is 0. The van der Waals surface area contributed by atoms with Gasteiger partial charge in [0.25, 0.3) is 0 Å². The van der Waals surface area contributed by atoms with Crippen LogP contribution in [0.1, 0.15) is 17.2 Å². The van der Waals surface area contributed by atoms with Crippen molar-refractivity contribution in [1.82, 2.24) is 4.90 Å². The SMILES string of the molecule is COc1ccc2c(c1)OCCN([C@@H](C(=O)O)c1ccccc1F)C2. The van der Waals surface area contributed by atoms with Gasteiger partial charge in [-0.3, -0.25) is 9.69 Å². The van der Waals surface area contributed by atoms with Crippen LogP contribution in [0.5, 0.6) is 11.5 Å². The highest BCUT2D eigenvalue weighted by atomic mass is 19.1. The van der Waals surface area contributed by atoms with Crippen LogP contribution in [0, 0.1) is 5.82 Å². The second kappa shape index (κ2) is 6.88. The first-order chi connectivity index (χ1) is 11.6. The number of methoxy groups -OCH3 is 1. The number of carbonyl (C=O) groups is 1. The van der Waals surface area contributed by atoms with Crippen molar-refractivity contribution < 1.29 is 23.8 Å².